The molecule has 1 aromatic heterocycles. The van der Waals surface area contributed by atoms with Crippen LogP contribution in [-0.2, 0) is 0 Å². The van der Waals surface area contributed by atoms with Crippen molar-refractivity contribution in [2.24, 2.45) is 5.73 Å². The molecule has 0 aliphatic rings. The zero-order valence-corrected chi connectivity index (χ0v) is 11.6. The van der Waals surface area contributed by atoms with Gasteiger partial charge in [0.05, 0.1) is 11.4 Å². The van der Waals surface area contributed by atoms with Crippen LogP contribution in [0.25, 0.3) is 0 Å². The van der Waals surface area contributed by atoms with E-state index >= 15 is 0 Å². The topological polar surface area (TPSA) is 50.9 Å². The lowest BCUT2D eigenvalue weighted by molar-refractivity contribution is 0.631. The lowest BCUT2D eigenvalue weighted by Crippen LogP contribution is -2.14. The Labute approximate surface area is 117 Å². The van der Waals surface area contributed by atoms with Gasteiger partial charge in [0.25, 0.3) is 0 Å². The highest BCUT2D eigenvalue weighted by Gasteiger charge is 2.09. The summed E-state index contributed by atoms with van der Waals surface area (Å²) in [6.45, 7) is 0. The number of nitrogens with one attached hydrogen (secondary N) is 1. The maximum absolute atomic E-state index is 13.6. The average Bonchev–Trinajstić information content (AvgIpc) is 2.34. The van der Waals surface area contributed by atoms with Crippen LogP contribution >= 0.6 is 28.1 Å². The summed E-state index contributed by atoms with van der Waals surface area (Å²) < 4.78 is 14.4. The molecule has 3 N–H and O–H groups in total. The van der Waals surface area contributed by atoms with Crippen LogP contribution in [0, 0.1) is 5.82 Å². The molecule has 1 heterocycles. The van der Waals surface area contributed by atoms with Gasteiger partial charge in [0.2, 0.25) is 0 Å². The van der Waals surface area contributed by atoms with E-state index in [2.05, 4.69) is 26.2 Å². The second kappa shape index (κ2) is 5.41. The quantitative estimate of drug-likeness (QED) is 0.849. The first-order valence-corrected chi connectivity index (χ1v) is 6.25. The Balaban J connectivity index is 2.40. The molecule has 2 aromatic rings. The smallest absolute Gasteiger partial charge is 0.146 e. The van der Waals surface area contributed by atoms with Crippen LogP contribution in [-0.4, -0.2) is 9.97 Å². The average molecular weight is 326 g/mol. The molecule has 0 saturated heterocycles. The van der Waals surface area contributed by atoms with Crippen molar-refractivity contribution < 1.29 is 4.39 Å². The lowest BCUT2D eigenvalue weighted by Gasteiger charge is -2.11. The monoisotopic (exact) mass is 325 g/mol. The first-order chi connectivity index (χ1) is 8.58. The minimum Gasteiger partial charge on any atom is -0.388 e. The highest BCUT2D eigenvalue weighted by Crippen LogP contribution is 2.25. The number of halogens is 2. The molecular formula is C12H9BrFN3S. The summed E-state index contributed by atoms with van der Waals surface area (Å²) in [4.78, 5) is 4.22. The molecule has 3 nitrogen and oxygen atoms in total. The van der Waals surface area contributed by atoms with Crippen molar-refractivity contribution in [1.82, 2.24) is 4.98 Å². The lowest BCUT2D eigenvalue weighted by atomic mass is 10.2. The van der Waals surface area contributed by atoms with Crippen LogP contribution in [0.2, 0.25) is 0 Å². The van der Waals surface area contributed by atoms with Crippen molar-refractivity contribution in [2.75, 3.05) is 5.32 Å². The van der Waals surface area contributed by atoms with Gasteiger partial charge in [0.1, 0.15) is 16.5 Å². The standard InChI is InChI=1S/C12H9BrFN3S/c13-7-3-4-8(14)10(6-7)17-9-2-1-5-16-11(9)12(15)18/h1-6,17H,(H2,15,18). The van der Waals surface area contributed by atoms with Gasteiger partial charge < -0.3 is 11.1 Å². The van der Waals surface area contributed by atoms with Crippen LogP contribution in [0.15, 0.2) is 41.0 Å². The molecule has 0 atom stereocenters. The molecule has 0 amide bonds. The highest BCUT2D eigenvalue weighted by atomic mass is 79.9. The molecule has 0 radical (unpaired) electrons. The number of pyridine rings is 1. The molecule has 0 bridgehead atoms. The van der Waals surface area contributed by atoms with E-state index in [1.165, 1.54) is 6.07 Å². The minimum absolute atomic E-state index is 0.161. The van der Waals surface area contributed by atoms with Gasteiger partial charge in [-0.1, -0.05) is 28.1 Å². The molecule has 0 fully saturated rings. The summed E-state index contributed by atoms with van der Waals surface area (Å²) in [7, 11) is 0. The fraction of sp³-hybridized carbons (Fsp3) is 0. The second-order valence-electron chi connectivity index (χ2n) is 3.51. The number of nitrogens with zero attached hydrogens (tertiary/aromatic N) is 1. The van der Waals surface area contributed by atoms with Gasteiger partial charge in [0.15, 0.2) is 0 Å². The number of aromatic nitrogens is 1. The van der Waals surface area contributed by atoms with Crippen LogP contribution in [0.5, 0.6) is 0 Å². The molecule has 0 aliphatic heterocycles. The number of rotatable bonds is 3. The predicted molar refractivity (Wildman–Crippen MR) is 77.5 cm³/mol. The normalized spacial score (nSPS) is 10.1. The molecule has 6 heteroatoms. The van der Waals surface area contributed by atoms with E-state index in [1.54, 1.807) is 30.5 Å². The van der Waals surface area contributed by atoms with Gasteiger partial charge in [-0.25, -0.2) is 4.39 Å². The van der Waals surface area contributed by atoms with Crippen molar-refractivity contribution in [2.45, 2.75) is 0 Å². The maximum Gasteiger partial charge on any atom is 0.146 e. The van der Waals surface area contributed by atoms with Crippen LogP contribution in [0.3, 0.4) is 0 Å². The number of anilines is 2. The number of nitrogens with two attached hydrogens (primary N) is 1. The third kappa shape index (κ3) is 2.83. The zero-order valence-electron chi connectivity index (χ0n) is 9.15. The number of hydrogen-bond donors (Lipinski definition) is 2. The van der Waals surface area contributed by atoms with Gasteiger partial charge in [0, 0.05) is 10.7 Å². The van der Waals surface area contributed by atoms with E-state index in [1.807, 2.05) is 0 Å². The van der Waals surface area contributed by atoms with Gasteiger partial charge in [-0.2, -0.15) is 0 Å². The van der Waals surface area contributed by atoms with Crippen molar-refractivity contribution in [3.8, 4) is 0 Å². The Kier molecular flexibility index (Phi) is 3.88. The highest BCUT2D eigenvalue weighted by molar-refractivity contribution is 9.10. The SMILES string of the molecule is NC(=S)c1ncccc1Nc1cc(Br)ccc1F. The van der Waals surface area contributed by atoms with Gasteiger partial charge in [-0.15, -0.1) is 0 Å². The van der Waals surface area contributed by atoms with E-state index in [-0.39, 0.29) is 10.8 Å². The maximum atomic E-state index is 13.6. The summed E-state index contributed by atoms with van der Waals surface area (Å²) >= 11 is 8.18. The van der Waals surface area contributed by atoms with E-state index in [9.17, 15) is 4.39 Å². The Morgan fingerprint density at radius 3 is 2.83 bits per heavy atom. The van der Waals surface area contributed by atoms with Gasteiger partial charge in [-0.05, 0) is 30.3 Å². The largest absolute Gasteiger partial charge is 0.388 e. The van der Waals surface area contributed by atoms with E-state index in [4.69, 9.17) is 18.0 Å². The molecular weight excluding hydrogens is 317 g/mol. The number of thiocarbonyl (C=S) groups is 1. The first-order valence-electron chi connectivity index (χ1n) is 5.05. The molecule has 0 saturated carbocycles. The zero-order chi connectivity index (χ0) is 13.1. The number of benzene rings is 1. The first kappa shape index (κ1) is 12.9. The fourth-order valence-corrected chi connectivity index (χ4v) is 1.96. The molecule has 92 valence electrons. The van der Waals surface area contributed by atoms with Crippen LogP contribution in [0.1, 0.15) is 5.69 Å². The van der Waals surface area contributed by atoms with Gasteiger partial charge in [-0.3, -0.25) is 4.98 Å². The second-order valence-corrected chi connectivity index (χ2v) is 4.87. The third-order valence-electron chi connectivity index (χ3n) is 2.24. The fourth-order valence-electron chi connectivity index (χ4n) is 1.44. The summed E-state index contributed by atoms with van der Waals surface area (Å²) in [6, 6.07) is 8.08. The van der Waals surface area contributed by atoms with Crippen LogP contribution < -0.4 is 11.1 Å². The van der Waals surface area contributed by atoms with Crippen molar-refractivity contribution in [1.29, 1.82) is 0 Å². The van der Waals surface area contributed by atoms with Crippen molar-refractivity contribution >= 4 is 44.5 Å². The number of hydrogen-bond acceptors (Lipinski definition) is 3. The van der Waals surface area contributed by atoms with Crippen LogP contribution in [0.4, 0.5) is 15.8 Å². The molecule has 1 aromatic carbocycles. The molecule has 0 aliphatic carbocycles. The third-order valence-corrected chi connectivity index (χ3v) is 2.93. The van der Waals surface area contributed by atoms with E-state index in [0.29, 0.717) is 17.1 Å². The Morgan fingerprint density at radius 2 is 2.11 bits per heavy atom. The summed E-state index contributed by atoms with van der Waals surface area (Å²) in [6.07, 6.45) is 1.58. The molecule has 0 spiro atoms. The predicted octanol–water partition coefficient (Wildman–Crippen LogP) is 3.36. The van der Waals surface area contributed by atoms with E-state index < -0.39 is 0 Å². The molecule has 2 rings (SSSR count). The minimum atomic E-state index is -0.365. The summed E-state index contributed by atoms with van der Waals surface area (Å²) in [5.41, 5.74) is 6.90. The summed E-state index contributed by atoms with van der Waals surface area (Å²) in [5.74, 6) is -0.365. The summed E-state index contributed by atoms with van der Waals surface area (Å²) in [5, 5.41) is 2.93. The Hall–Kier alpha value is -1.53. The Morgan fingerprint density at radius 1 is 1.33 bits per heavy atom. The Bertz CT molecular complexity index is 604. The van der Waals surface area contributed by atoms with E-state index in [0.717, 1.165) is 4.47 Å². The van der Waals surface area contributed by atoms with Crippen molar-refractivity contribution in [3.63, 3.8) is 0 Å². The van der Waals surface area contributed by atoms with Gasteiger partial charge >= 0.3 is 0 Å². The molecule has 18 heavy (non-hydrogen) atoms. The van der Waals surface area contributed by atoms with Crippen molar-refractivity contribution in [3.05, 3.63) is 52.5 Å². The molecule has 0 unspecified atom stereocenters.